The van der Waals surface area contributed by atoms with Crippen molar-refractivity contribution in [1.82, 2.24) is 0 Å². The van der Waals surface area contributed by atoms with E-state index in [-0.39, 0.29) is 12.7 Å². The van der Waals surface area contributed by atoms with Crippen LogP contribution in [0.2, 0.25) is 0 Å². The lowest BCUT2D eigenvalue weighted by molar-refractivity contribution is 0.0456. The fourth-order valence-corrected chi connectivity index (χ4v) is 1.54. The molecule has 0 saturated heterocycles. The predicted octanol–water partition coefficient (Wildman–Crippen LogP) is 1.55. The number of rotatable bonds is 3. The molecular formula is C12H14O3. The Bertz CT molecular complexity index is 360. The van der Waals surface area contributed by atoms with Crippen LogP contribution >= 0.6 is 0 Å². The second-order valence-corrected chi connectivity index (χ2v) is 3.51. The first-order valence-corrected chi connectivity index (χ1v) is 4.97. The van der Waals surface area contributed by atoms with Crippen LogP contribution in [0.4, 0.5) is 0 Å². The fourth-order valence-electron chi connectivity index (χ4n) is 1.54. The highest BCUT2D eigenvalue weighted by Gasteiger charge is 2.19. The van der Waals surface area contributed by atoms with E-state index in [0.717, 1.165) is 17.7 Å². The van der Waals surface area contributed by atoms with Gasteiger partial charge in [-0.3, -0.25) is 0 Å². The van der Waals surface area contributed by atoms with Gasteiger partial charge in [0.15, 0.2) is 17.6 Å². The molecule has 1 aromatic rings. The van der Waals surface area contributed by atoms with Crippen molar-refractivity contribution in [1.29, 1.82) is 0 Å². The lowest BCUT2D eigenvalue weighted by atomic mass is 10.1. The Morgan fingerprint density at radius 2 is 2.33 bits per heavy atom. The Morgan fingerprint density at radius 3 is 3.07 bits per heavy atom. The van der Waals surface area contributed by atoms with Gasteiger partial charge in [0.1, 0.15) is 6.61 Å². The first-order chi connectivity index (χ1) is 7.33. The topological polar surface area (TPSA) is 38.7 Å². The first kappa shape index (κ1) is 10.1. The molecule has 1 aliphatic rings. The van der Waals surface area contributed by atoms with Crippen LogP contribution in [0, 0.1) is 0 Å². The van der Waals surface area contributed by atoms with E-state index in [9.17, 15) is 0 Å². The molecule has 0 aromatic heterocycles. The zero-order chi connectivity index (χ0) is 10.7. The van der Waals surface area contributed by atoms with E-state index in [1.165, 1.54) is 0 Å². The molecule has 0 fully saturated rings. The van der Waals surface area contributed by atoms with E-state index in [0.29, 0.717) is 12.4 Å². The summed E-state index contributed by atoms with van der Waals surface area (Å²) in [6.45, 7) is 4.07. The van der Waals surface area contributed by atoms with Gasteiger partial charge in [-0.2, -0.15) is 0 Å². The summed E-state index contributed by atoms with van der Waals surface area (Å²) in [5, 5.41) is 8.97. The fraction of sp³-hybridized carbons (Fsp3) is 0.333. The minimum Gasteiger partial charge on any atom is -0.486 e. The quantitative estimate of drug-likeness (QED) is 0.762. The lowest BCUT2D eigenvalue weighted by Crippen LogP contribution is -2.32. The normalized spacial score (nSPS) is 18.6. The SMILES string of the molecule is C=CCc1ccc2c(c1)O[C@@H](CO)CO2. The van der Waals surface area contributed by atoms with Gasteiger partial charge in [0.05, 0.1) is 6.61 Å². The molecule has 1 aromatic carbocycles. The van der Waals surface area contributed by atoms with Crippen molar-refractivity contribution in [3.05, 3.63) is 36.4 Å². The number of ether oxygens (including phenoxy) is 2. The van der Waals surface area contributed by atoms with Crippen molar-refractivity contribution in [2.24, 2.45) is 0 Å². The highest BCUT2D eigenvalue weighted by atomic mass is 16.6. The third-order valence-electron chi connectivity index (χ3n) is 2.31. The Kier molecular flexibility index (Phi) is 2.92. The van der Waals surface area contributed by atoms with Gasteiger partial charge in [0.25, 0.3) is 0 Å². The Labute approximate surface area is 88.9 Å². The van der Waals surface area contributed by atoms with Crippen LogP contribution in [0.5, 0.6) is 11.5 Å². The smallest absolute Gasteiger partial charge is 0.162 e. The van der Waals surface area contributed by atoms with E-state index in [4.69, 9.17) is 14.6 Å². The minimum absolute atomic E-state index is 0.0227. The predicted molar refractivity (Wildman–Crippen MR) is 57.3 cm³/mol. The van der Waals surface area contributed by atoms with Crippen LogP contribution in [-0.4, -0.2) is 24.4 Å². The van der Waals surface area contributed by atoms with Crippen LogP contribution < -0.4 is 9.47 Å². The van der Waals surface area contributed by atoms with Gasteiger partial charge in [-0.25, -0.2) is 0 Å². The second kappa shape index (κ2) is 4.36. The first-order valence-electron chi connectivity index (χ1n) is 4.97. The molecule has 2 rings (SSSR count). The van der Waals surface area contributed by atoms with Crippen molar-refractivity contribution in [2.75, 3.05) is 13.2 Å². The van der Waals surface area contributed by atoms with Crippen LogP contribution in [0.25, 0.3) is 0 Å². The van der Waals surface area contributed by atoms with Crippen LogP contribution in [-0.2, 0) is 6.42 Å². The van der Waals surface area contributed by atoms with Gasteiger partial charge in [-0.15, -0.1) is 6.58 Å². The second-order valence-electron chi connectivity index (χ2n) is 3.51. The zero-order valence-corrected chi connectivity index (χ0v) is 8.48. The summed E-state index contributed by atoms with van der Waals surface area (Å²) in [4.78, 5) is 0. The number of hydrogen-bond donors (Lipinski definition) is 1. The maximum atomic E-state index is 8.97. The van der Waals surface area contributed by atoms with E-state index in [2.05, 4.69) is 6.58 Å². The molecule has 0 bridgehead atoms. The molecule has 1 heterocycles. The maximum absolute atomic E-state index is 8.97. The van der Waals surface area contributed by atoms with Crippen LogP contribution in [0.1, 0.15) is 5.56 Å². The Hall–Kier alpha value is -1.48. The van der Waals surface area contributed by atoms with E-state index < -0.39 is 0 Å². The number of aliphatic hydroxyl groups excluding tert-OH is 1. The number of allylic oxidation sites excluding steroid dienone is 1. The molecular weight excluding hydrogens is 192 g/mol. The van der Waals surface area contributed by atoms with Crippen molar-refractivity contribution in [3.63, 3.8) is 0 Å². The molecule has 0 radical (unpaired) electrons. The highest BCUT2D eigenvalue weighted by molar-refractivity contribution is 5.44. The van der Waals surface area contributed by atoms with E-state index >= 15 is 0 Å². The molecule has 0 aliphatic carbocycles. The zero-order valence-electron chi connectivity index (χ0n) is 8.48. The van der Waals surface area contributed by atoms with Gasteiger partial charge in [-0.1, -0.05) is 12.1 Å². The standard InChI is InChI=1S/C12H14O3/c1-2-3-9-4-5-11-12(6-9)15-10(7-13)8-14-11/h2,4-6,10,13H,1,3,7-8H2/t10-/m0/s1. The van der Waals surface area contributed by atoms with Gasteiger partial charge in [0, 0.05) is 0 Å². The molecule has 0 unspecified atom stereocenters. The molecule has 1 atom stereocenters. The third-order valence-corrected chi connectivity index (χ3v) is 2.31. The Morgan fingerprint density at radius 1 is 1.47 bits per heavy atom. The summed E-state index contributed by atoms with van der Waals surface area (Å²) in [6.07, 6.45) is 2.39. The third kappa shape index (κ3) is 2.13. The van der Waals surface area contributed by atoms with Crippen molar-refractivity contribution in [3.8, 4) is 11.5 Å². The molecule has 80 valence electrons. The van der Waals surface area contributed by atoms with Gasteiger partial charge in [-0.05, 0) is 24.1 Å². The summed E-state index contributed by atoms with van der Waals surface area (Å²) < 4.78 is 11.0. The van der Waals surface area contributed by atoms with Crippen molar-refractivity contribution in [2.45, 2.75) is 12.5 Å². The van der Waals surface area contributed by atoms with Crippen LogP contribution in [0.15, 0.2) is 30.9 Å². The van der Waals surface area contributed by atoms with E-state index in [1.807, 2.05) is 24.3 Å². The number of hydrogen-bond acceptors (Lipinski definition) is 3. The minimum atomic E-state index is -0.253. The van der Waals surface area contributed by atoms with Gasteiger partial charge < -0.3 is 14.6 Å². The van der Waals surface area contributed by atoms with Crippen molar-refractivity contribution < 1.29 is 14.6 Å². The lowest BCUT2D eigenvalue weighted by Gasteiger charge is -2.25. The molecule has 0 spiro atoms. The summed E-state index contributed by atoms with van der Waals surface area (Å²) in [5.74, 6) is 1.45. The molecule has 1 N–H and O–H groups in total. The molecule has 3 nitrogen and oxygen atoms in total. The maximum Gasteiger partial charge on any atom is 0.162 e. The van der Waals surface area contributed by atoms with Gasteiger partial charge in [0.2, 0.25) is 0 Å². The molecule has 3 heteroatoms. The molecule has 1 aliphatic heterocycles. The average molecular weight is 206 g/mol. The number of benzene rings is 1. The average Bonchev–Trinajstić information content (AvgIpc) is 2.28. The molecule has 15 heavy (non-hydrogen) atoms. The Balaban J connectivity index is 2.22. The van der Waals surface area contributed by atoms with Crippen molar-refractivity contribution >= 4 is 0 Å². The monoisotopic (exact) mass is 206 g/mol. The summed E-state index contributed by atoms with van der Waals surface area (Å²) in [6, 6.07) is 5.81. The molecule has 0 amide bonds. The summed E-state index contributed by atoms with van der Waals surface area (Å²) in [5.41, 5.74) is 1.13. The number of fused-ring (bicyclic) bond motifs is 1. The van der Waals surface area contributed by atoms with E-state index in [1.54, 1.807) is 0 Å². The van der Waals surface area contributed by atoms with Gasteiger partial charge >= 0.3 is 0 Å². The van der Waals surface area contributed by atoms with Crippen LogP contribution in [0.3, 0.4) is 0 Å². The highest BCUT2D eigenvalue weighted by Crippen LogP contribution is 2.32. The largest absolute Gasteiger partial charge is 0.486 e. The number of aliphatic hydroxyl groups is 1. The molecule has 0 saturated carbocycles. The summed E-state index contributed by atoms with van der Waals surface area (Å²) >= 11 is 0. The summed E-state index contributed by atoms with van der Waals surface area (Å²) in [7, 11) is 0.